The van der Waals surface area contributed by atoms with Gasteiger partial charge >= 0.3 is 0 Å². The third-order valence-corrected chi connectivity index (χ3v) is 2.64. The number of anilines is 1. The first-order valence-electron chi connectivity index (χ1n) is 3.45. The predicted octanol–water partition coefficient (Wildman–Crippen LogP) is 1.83. The summed E-state index contributed by atoms with van der Waals surface area (Å²) in [4.78, 5) is 14.8. The van der Waals surface area contributed by atoms with E-state index in [9.17, 15) is 4.79 Å². The van der Waals surface area contributed by atoms with Gasteiger partial charge in [0.1, 0.15) is 5.15 Å². The molecule has 6 heteroatoms. The van der Waals surface area contributed by atoms with Crippen LogP contribution in [0.25, 0.3) is 0 Å². The maximum absolute atomic E-state index is 10.9. The lowest BCUT2D eigenvalue weighted by Gasteiger charge is -2.16. The fraction of sp³-hybridized carbons (Fsp3) is 0.143. The Bertz CT molecular complexity index is 383. The van der Waals surface area contributed by atoms with Gasteiger partial charge in [0.05, 0.1) is 4.47 Å². The molecule has 68 valence electrons. The van der Waals surface area contributed by atoms with E-state index < -0.39 is 0 Å². The van der Waals surface area contributed by atoms with Gasteiger partial charge in [-0.3, -0.25) is 4.79 Å². The van der Waals surface area contributed by atoms with Gasteiger partial charge < -0.3 is 10.1 Å². The topological polar surface area (TPSA) is 51.2 Å². The Hall–Kier alpha value is -0.810. The molecule has 4 nitrogen and oxygen atoms in total. The van der Waals surface area contributed by atoms with Gasteiger partial charge in [0.2, 0.25) is 0 Å². The largest absolute Gasteiger partial charge is 0.480 e. The smallest absolute Gasteiger partial charge is 0.263 e. The van der Waals surface area contributed by atoms with Crippen LogP contribution in [0.5, 0.6) is 5.75 Å². The lowest BCUT2D eigenvalue weighted by atomic mass is 10.4. The highest BCUT2D eigenvalue weighted by Crippen LogP contribution is 2.32. The number of hydrogen-bond acceptors (Lipinski definition) is 3. The third kappa shape index (κ3) is 1.62. The van der Waals surface area contributed by atoms with Gasteiger partial charge in [-0.25, -0.2) is 4.98 Å². The molecule has 0 unspecified atom stereocenters. The molecule has 2 heterocycles. The lowest BCUT2D eigenvalue weighted by molar-refractivity contribution is -0.118. The number of ether oxygens (including phenoxy) is 1. The van der Waals surface area contributed by atoms with Gasteiger partial charge in [-0.2, -0.15) is 0 Å². The highest BCUT2D eigenvalue weighted by molar-refractivity contribution is 9.10. The summed E-state index contributed by atoms with van der Waals surface area (Å²) in [6.07, 6.45) is 0. The summed E-state index contributed by atoms with van der Waals surface area (Å²) in [6, 6.07) is 1.67. The molecule has 0 spiro atoms. The van der Waals surface area contributed by atoms with Crippen molar-refractivity contribution >= 4 is 39.3 Å². The van der Waals surface area contributed by atoms with Crippen LogP contribution in [0.4, 0.5) is 5.82 Å². The minimum Gasteiger partial charge on any atom is -0.480 e. The Kier molecular flexibility index (Phi) is 2.13. The minimum atomic E-state index is -0.224. The summed E-state index contributed by atoms with van der Waals surface area (Å²) in [7, 11) is 0. The first-order valence-corrected chi connectivity index (χ1v) is 4.62. The van der Waals surface area contributed by atoms with E-state index in [1.165, 1.54) is 0 Å². The van der Waals surface area contributed by atoms with Gasteiger partial charge in [0, 0.05) is 6.07 Å². The summed E-state index contributed by atoms with van der Waals surface area (Å²) in [6.45, 7) is 0.0166. The number of amides is 1. The molecule has 1 aliphatic rings. The highest BCUT2D eigenvalue weighted by Gasteiger charge is 2.18. The molecule has 2 rings (SSSR count). The number of halogens is 2. The summed E-state index contributed by atoms with van der Waals surface area (Å²) in [5.41, 5.74) is 0. The first kappa shape index (κ1) is 8.77. The molecule has 1 aliphatic heterocycles. The minimum absolute atomic E-state index is 0.0166. The van der Waals surface area contributed by atoms with Crippen molar-refractivity contribution in [3.05, 3.63) is 15.7 Å². The van der Waals surface area contributed by atoms with Gasteiger partial charge in [0.25, 0.3) is 5.91 Å². The Morgan fingerprint density at radius 3 is 3.23 bits per heavy atom. The monoisotopic (exact) mass is 262 g/mol. The van der Waals surface area contributed by atoms with Gasteiger partial charge in [-0.1, -0.05) is 11.6 Å². The molecule has 1 N–H and O–H groups in total. The summed E-state index contributed by atoms with van der Waals surface area (Å²) in [5.74, 6) is 0.665. The third-order valence-electron chi connectivity index (χ3n) is 1.51. The summed E-state index contributed by atoms with van der Waals surface area (Å²) >= 11 is 8.93. The zero-order valence-electron chi connectivity index (χ0n) is 6.30. The van der Waals surface area contributed by atoms with E-state index >= 15 is 0 Å². The van der Waals surface area contributed by atoms with Crippen molar-refractivity contribution in [2.24, 2.45) is 0 Å². The molecule has 0 bridgehead atoms. The number of hydrogen-bond donors (Lipinski definition) is 1. The van der Waals surface area contributed by atoms with Crippen LogP contribution in [0, 0.1) is 0 Å². The van der Waals surface area contributed by atoms with E-state index in [0.29, 0.717) is 21.2 Å². The van der Waals surface area contributed by atoms with Crippen molar-refractivity contribution in [3.8, 4) is 5.75 Å². The molecule has 0 radical (unpaired) electrons. The van der Waals surface area contributed by atoms with Crippen molar-refractivity contribution < 1.29 is 9.53 Å². The second-order valence-corrected chi connectivity index (χ2v) is 3.66. The molecule has 1 aromatic heterocycles. The Labute approximate surface area is 87.4 Å². The number of fused-ring (bicyclic) bond motifs is 1. The number of carbonyl (C=O) groups is 1. The van der Waals surface area contributed by atoms with Crippen LogP contribution in [0.3, 0.4) is 0 Å². The van der Waals surface area contributed by atoms with Gasteiger partial charge in [0.15, 0.2) is 18.2 Å². The first-order chi connectivity index (χ1) is 6.16. The van der Waals surface area contributed by atoms with Crippen molar-refractivity contribution in [1.82, 2.24) is 4.98 Å². The van der Waals surface area contributed by atoms with Crippen LogP contribution in [-0.4, -0.2) is 17.5 Å². The zero-order chi connectivity index (χ0) is 9.42. The second-order valence-electron chi connectivity index (χ2n) is 2.44. The quantitative estimate of drug-likeness (QED) is 0.727. The fourth-order valence-corrected chi connectivity index (χ4v) is 1.40. The molecule has 0 fully saturated rings. The highest BCUT2D eigenvalue weighted by atomic mass is 79.9. The van der Waals surface area contributed by atoms with Crippen molar-refractivity contribution in [2.75, 3.05) is 11.9 Å². The fourth-order valence-electron chi connectivity index (χ4n) is 0.961. The zero-order valence-corrected chi connectivity index (χ0v) is 8.65. The Morgan fingerprint density at radius 2 is 2.46 bits per heavy atom. The standard InChI is InChI=1S/C7H4BrClN2O2/c8-3-1-4-7(11-6(3)9)10-5(12)2-13-4/h1H,2H2,(H,10,11,12). The number of nitrogens with zero attached hydrogens (tertiary/aromatic N) is 1. The molecule has 0 atom stereocenters. The Morgan fingerprint density at radius 1 is 1.69 bits per heavy atom. The number of nitrogens with one attached hydrogen (secondary N) is 1. The van der Waals surface area contributed by atoms with Crippen LogP contribution < -0.4 is 10.1 Å². The molecule has 1 amide bonds. The van der Waals surface area contributed by atoms with Crippen LogP contribution in [0.15, 0.2) is 10.5 Å². The number of carbonyl (C=O) groups excluding carboxylic acids is 1. The van der Waals surface area contributed by atoms with Crippen molar-refractivity contribution in [2.45, 2.75) is 0 Å². The molecule has 0 saturated carbocycles. The molecule has 0 saturated heterocycles. The molecule has 13 heavy (non-hydrogen) atoms. The average molecular weight is 263 g/mol. The van der Waals surface area contributed by atoms with E-state index in [0.717, 1.165) is 0 Å². The van der Waals surface area contributed by atoms with Gasteiger partial charge in [-0.05, 0) is 15.9 Å². The molecule has 1 aromatic rings. The van der Waals surface area contributed by atoms with Crippen molar-refractivity contribution in [1.29, 1.82) is 0 Å². The lowest BCUT2D eigenvalue weighted by Crippen LogP contribution is -2.26. The average Bonchev–Trinajstić information content (AvgIpc) is 2.08. The van der Waals surface area contributed by atoms with Crippen LogP contribution in [0.1, 0.15) is 0 Å². The maximum Gasteiger partial charge on any atom is 0.263 e. The summed E-state index contributed by atoms with van der Waals surface area (Å²) in [5, 5.41) is 2.84. The normalized spacial score (nSPS) is 14.5. The van der Waals surface area contributed by atoms with Crippen LogP contribution in [-0.2, 0) is 4.79 Å². The van der Waals surface area contributed by atoms with Crippen molar-refractivity contribution in [3.63, 3.8) is 0 Å². The van der Waals surface area contributed by atoms with E-state index in [4.69, 9.17) is 16.3 Å². The van der Waals surface area contributed by atoms with E-state index in [-0.39, 0.29) is 12.5 Å². The van der Waals surface area contributed by atoms with Crippen LogP contribution >= 0.6 is 27.5 Å². The number of aromatic nitrogens is 1. The predicted molar refractivity (Wildman–Crippen MR) is 51.1 cm³/mol. The second kappa shape index (κ2) is 3.16. The van der Waals surface area contributed by atoms with Gasteiger partial charge in [-0.15, -0.1) is 0 Å². The molecule has 0 aliphatic carbocycles. The van der Waals surface area contributed by atoms with Crippen LogP contribution in [0.2, 0.25) is 5.15 Å². The number of rotatable bonds is 0. The van der Waals surface area contributed by atoms with E-state index in [1.807, 2.05) is 0 Å². The number of pyridine rings is 1. The SMILES string of the molecule is O=C1COc2cc(Br)c(Cl)nc2N1. The Balaban J connectivity index is 2.49. The molecule has 0 aromatic carbocycles. The maximum atomic E-state index is 10.9. The van der Waals surface area contributed by atoms with E-state index in [2.05, 4.69) is 26.2 Å². The molecular formula is C7H4BrClN2O2. The van der Waals surface area contributed by atoms with E-state index in [1.54, 1.807) is 6.07 Å². The summed E-state index contributed by atoms with van der Waals surface area (Å²) < 4.78 is 5.75. The molecular weight excluding hydrogens is 259 g/mol.